The van der Waals surface area contributed by atoms with Crippen molar-refractivity contribution in [3.63, 3.8) is 0 Å². The molecule has 0 saturated heterocycles. The second-order valence-corrected chi connectivity index (χ2v) is 8.02. The van der Waals surface area contributed by atoms with Crippen LogP contribution >= 0.6 is 0 Å². The maximum Gasteiger partial charge on any atom is 0.277 e. The molecule has 1 unspecified atom stereocenters. The fraction of sp³-hybridized carbons (Fsp3) is 0.240. The van der Waals surface area contributed by atoms with Gasteiger partial charge in [-0.1, -0.05) is 18.2 Å². The van der Waals surface area contributed by atoms with Gasteiger partial charge in [0.25, 0.3) is 17.2 Å². The molecule has 0 spiro atoms. The molecule has 1 aliphatic rings. The van der Waals surface area contributed by atoms with E-state index in [1.165, 1.54) is 37.0 Å². The highest BCUT2D eigenvalue weighted by Gasteiger charge is 2.32. The average molecular weight is 492 g/mol. The Labute approximate surface area is 205 Å². The van der Waals surface area contributed by atoms with Crippen molar-refractivity contribution >= 4 is 17.7 Å². The number of nitrogens with zero attached hydrogens (tertiary/aromatic N) is 3. The second kappa shape index (κ2) is 9.90. The van der Waals surface area contributed by atoms with E-state index in [4.69, 9.17) is 9.47 Å². The summed E-state index contributed by atoms with van der Waals surface area (Å²) in [5, 5.41) is 14.4. The van der Waals surface area contributed by atoms with E-state index in [-0.39, 0.29) is 22.2 Å². The van der Waals surface area contributed by atoms with Crippen LogP contribution in [0.25, 0.3) is 6.08 Å². The number of aromatic amines is 1. The third-order valence-electron chi connectivity index (χ3n) is 5.82. The van der Waals surface area contributed by atoms with E-state index in [0.717, 1.165) is 0 Å². The molecule has 1 aromatic heterocycles. The molecular weight excluding hydrogens is 466 g/mol. The molecule has 1 amide bonds. The molecule has 36 heavy (non-hydrogen) atoms. The molecule has 0 radical (unpaired) electrons. The van der Waals surface area contributed by atoms with E-state index in [0.29, 0.717) is 34.9 Å². The molecule has 4 rings (SSSR count). The Morgan fingerprint density at radius 2 is 1.97 bits per heavy atom. The van der Waals surface area contributed by atoms with E-state index in [1.807, 2.05) is 0 Å². The Kier molecular flexibility index (Phi) is 6.73. The number of methoxy groups -OCH3 is 2. The summed E-state index contributed by atoms with van der Waals surface area (Å²) in [5.41, 5.74) is 1.37. The standard InChI is InChI=1S/C25H25N5O6/c1-5-26-23(31)21-14(2)27-25-28-18(11-15-9-10-19(35-3)20(12-15)36-4)24(32)29(25)22(21)16-7-6-8-17(13-16)30(33)34/h6-13,22H,5H2,1-4H3,(H,26,31)(H,27,28). The van der Waals surface area contributed by atoms with Gasteiger partial charge in [-0.05, 0) is 43.2 Å². The van der Waals surface area contributed by atoms with Gasteiger partial charge in [-0.15, -0.1) is 0 Å². The molecule has 0 fully saturated rings. The van der Waals surface area contributed by atoms with Gasteiger partial charge in [-0.2, -0.15) is 0 Å². The van der Waals surface area contributed by atoms with Crippen molar-refractivity contribution in [1.82, 2.24) is 14.9 Å². The third kappa shape index (κ3) is 4.38. The minimum atomic E-state index is -0.916. The van der Waals surface area contributed by atoms with Crippen molar-refractivity contribution in [2.45, 2.75) is 19.9 Å². The van der Waals surface area contributed by atoms with E-state index >= 15 is 0 Å². The summed E-state index contributed by atoms with van der Waals surface area (Å²) >= 11 is 0. The lowest BCUT2D eigenvalue weighted by atomic mass is 9.94. The topological polar surface area (TPSA) is 141 Å². The van der Waals surface area contributed by atoms with Gasteiger partial charge < -0.3 is 19.8 Å². The lowest BCUT2D eigenvalue weighted by molar-refractivity contribution is -0.384. The summed E-state index contributed by atoms with van der Waals surface area (Å²) in [7, 11) is 3.05. The van der Waals surface area contributed by atoms with Crippen molar-refractivity contribution in [3.8, 4) is 11.5 Å². The first-order valence-corrected chi connectivity index (χ1v) is 11.1. The van der Waals surface area contributed by atoms with E-state index in [1.54, 1.807) is 44.2 Å². The zero-order chi connectivity index (χ0) is 26.0. The number of aromatic nitrogens is 2. The number of H-pyrrole nitrogens is 1. The Balaban J connectivity index is 1.95. The Morgan fingerprint density at radius 1 is 1.22 bits per heavy atom. The minimum absolute atomic E-state index is 0.148. The van der Waals surface area contributed by atoms with Crippen LogP contribution in [-0.4, -0.2) is 41.1 Å². The van der Waals surface area contributed by atoms with Crippen molar-refractivity contribution in [1.29, 1.82) is 0 Å². The molecule has 0 saturated carbocycles. The number of nitro benzene ring substituents is 1. The largest absolute Gasteiger partial charge is 0.493 e. The fourth-order valence-corrected chi connectivity index (χ4v) is 4.20. The highest BCUT2D eigenvalue weighted by atomic mass is 16.6. The minimum Gasteiger partial charge on any atom is -0.493 e. The lowest BCUT2D eigenvalue weighted by Gasteiger charge is -2.25. The third-order valence-corrected chi connectivity index (χ3v) is 5.82. The molecule has 2 aromatic carbocycles. The maximum atomic E-state index is 13.6. The first kappa shape index (κ1) is 24.5. The summed E-state index contributed by atoms with van der Waals surface area (Å²) < 4.78 is 12.0. The van der Waals surface area contributed by atoms with Crippen LogP contribution in [0.15, 0.2) is 63.5 Å². The average Bonchev–Trinajstić information content (AvgIpc) is 3.17. The number of allylic oxidation sites excluding steroid dienone is 1. The number of benzene rings is 2. The molecule has 11 nitrogen and oxygen atoms in total. The van der Waals surface area contributed by atoms with Crippen LogP contribution in [0.2, 0.25) is 0 Å². The van der Waals surface area contributed by atoms with Gasteiger partial charge in [0.05, 0.1) is 36.5 Å². The van der Waals surface area contributed by atoms with Crippen LogP contribution in [-0.2, 0) is 4.79 Å². The van der Waals surface area contributed by atoms with E-state index in [2.05, 4.69) is 15.3 Å². The first-order valence-electron chi connectivity index (χ1n) is 11.1. The van der Waals surface area contributed by atoms with Crippen molar-refractivity contribution in [2.75, 3.05) is 20.8 Å². The number of carbonyl (C=O) groups excluding carboxylic acids is 1. The summed E-state index contributed by atoms with van der Waals surface area (Å²) in [6.07, 6.45) is 1.64. The van der Waals surface area contributed by atoms with Crippen LogP contribution in [0.4, 0.5) is 5.69 Å². The molecule has 0 aliphatic carbocycles. The van der Waals surface area contributed by atoms with Gasteiger partial charge in [0.2, 0.25) is 5.62 Å². The van der Waals surface area contributed by atoms with Crippen LogP contribution in [0, 0.1) is 10.1 Å². The molecule has 2 N–H and O–H groups in total. The predicted octanol–water partition coefficient (Wildman–Crippen LogP) is 1.56. The number of nitrogens with one attached hydrogen (secondary N) is 2. The van der Waals surface area contributed by atoms with Crippen molar-refractivity contribution in [3.05, 3.63) is 96.3 Å². The van der Waals surface area contributed by atoms with Crippen LogP contribution < -0.4 is 31.3 Å². The molecule has 3 aromatic rings. The van der Waals surface area contributed by atoms with Gasteiger partial charge in [0.1, 0.15) is 5.35 Å². The zero-order valence-electron chi connectivity index (χ0n) is 20.2. The number of nitro groups is 1. The highest BCUT2D eigenvalue weighted by Crippen LogP contribution is 2.31. The summed E-state index contributed by atoms with van der Waals surface area (Å²) in [6.45, 7) is 3.81. The number of non-ortho nitro benzene ring substituents is 1. The second-order valence-electron chi connectivity index (χ2n) is 8.02. The smallest absolute Gasteiger partial charge is 0.277 e. The quantitative estimate of drug-likeness (QED) is 0.380. The fourth-order valence-electron chi connectivity index (χ4n) is 4.20. The Hall–Kier alpha value is -4.67. The number of ether oxygens (including phenoxy) is 2. The maximum absolute atomic E-state index is 13.6. The molecule has 186 valence electrons. The number of amides is 1. The summed E-state index contributed by atoms with van der Waals surface area (Å²) in [5.74, 6) is 0.640. The Morgan fingerprint density at radius 3 is 2.64 bits per heavy atom. The predicted molar refractivity (Wildman–Crippen MR) is 132 cm³/mol. The van der Waals surface area contributed by atoms with Crippen LogP contribution in [0.5, 0.6) is 11.5 Å². The van der Waals surface area contributed by atoms with E-state index in [9.17, 15) is 19.7 Å². The molecule has 1 atom stereocenters. The molecule has 11 heteroatoms. The lowest BCUT2D eigenvalue weighted by Crippen LogP contribution is -2.41. The Bertz CT molecular complexity index is 1570. The van der Waals surface area contributed by atoms with Crippen molar-refractivity contribution < 1.29 is 19.2 Å². The van der Waals surface area contributed by atoms with Crippen LogP contribution in [0.3, 0.4) is 0 Å². The molecular formula is C25H25N5O6. The van der Waals surface area contributed by atoms with E-state index < -0.39 is 22.4 Å². The normalized spacial score (nSPS) is 15.2. The number of hydrogen-bond donors (Lipinski definition) is 2. The summed E-state index contributed by atoms with van der Waals surface area (Å²) in [6, 6.07) is 10.2. The van der Waals surface area contributed by atoms with Gasteiger partial charge >= 0.3 is 0 Å². The highest BCUT2D eigenvalue weighted by molar-refractivity contribution is 5.95. The van der Waals surface area contributed by atoms with Crippen LogP contribution in [0.1, 0.15) is 31.0 Å². The monoisotopic (exact) mass is 491 g/mol. The first-order chi connectivity index (χ1) is 17.3. The van der Waals surface area contributed by atoms with Gasteiger partial charge in [-0.25, -0.2) is 4.99 Å². The number of imidazole rings is 1. The van der Waals surface area contributed by atoms with Gasteiger partial charge in [0, 0.05) is 18.7 Å². The SMILES string of the molecule is CCNC(=O)C1=C(C)N=c2[nH]c(=Cc3ccc(OC)c(OC)c3)c(=O)n2C1c1cccc([N+](=O)[O-])c1. The number of hydrogen-bond acceptors (Lipinski definition) is 7. The molecule has 0 bridgehead atoms. The zero-order valence-corrected chi connectivity index (χ0v) is 20.2. The number of rotatable bonds is 7. The number of fused-ring (bicyclic) bond motifs is 1. The van der Waals surface area contributed by atoms with Gasteiger partial charge in [-0.3, -0.25) is 24.3 Å². The van der Waals surface area contributed by atoms with Crippen molar-refractivity contribution in [2.24, 2.45) is 4.99 Å². The number of carbonyl (C=O) groups is 1. The number of likely N-dealkylation sites (N-methyl/N-ethyl adjacent to an activating group) is 1. The molecule has 2 heterocycles. The summed E-state index contributed by atoms with van der Waals surface area (Å²) in [4.78, 5) is 45.1. The van der Waals surface area contributed by atoms with Gasteiger partial charge in [0.15, 0.2) is 11.5 Å². The molecule has 1 aliphatic heterocycles.